The van der Waals surface area contributed by atoms with Crippen molar-refractivity contribution in [2.75, 3.05) is 33.4 Å². The molecule has 0 radical (unpaired) electrons. The van der Waals surface area contributed by atoms with Crippen molar-refractivity contribution in [2.24, 2.45) is 5.92 Å². The fourth-order valence-electron chi connectivity index (χ4n) is 2.36. The van der Waals surface area contributed by atoms with Crippen LogP contribution in [0.15, 0.2) is 18.2 Å². The summed E-state index contributed by atoms with van der Waals surface area (Å²) in [5.74, 6) is -1.02. The monoisotopic (exact) mass is 337 g/mol. The van der Waals surface area contributed by atoms with E-state index in [1.165, 1.54) is 0 Å². The maximum atomic E-state index is 12.8. The summed E-state index contributed by atoms with van der Waals surface area (Å²) in [6.07, 6.45) is 0.668. The van der Waals surface area contributed by atoms with Crippen LogP contribution < -0.4 is 4.74 Å². The van der Waals surface area contributed by atoms with E-state index in [1.807, 2.05) is 13.8 Å². The molecular formula is C18H27NO5. The molecule has 0 aliphatic rings. The molecule has 0 bridgehead atoms. The number of hydrogen-bond acceptors (Lipinski definition) is 4. The van der Waals surface area contributed by atoms with E-state index in [9.17, 15) is 9.59 Å². The van der Waals surface area contributed by atoms with Crippen molar-refractivity contribution in [3.63, 3.8) is 0 Å². The van der Waals surface area contributed by atoms with Crippen molar-refractivity contribution in [1.82, 2.24) is 4.90 Å². The van der Waals surface area contributed by atoms with Crippen LogP contribution in [0.25, 0.3) is 0 Å². The van der Waals surface area contributed by atoms with E-state index in [4.69, 9.17) is 14.6 Å². The fraction of sp³-hybridized carbons (Fsp3) is 0.556. The Bertz CT molecular complexity index is 558. The summed E-state index contributed by atoms with van der Waals surface area (Å²) in [7, 11) is 1.57. The van der Waals surface area contributed by atoms with Crippen molar-refractivity contribution < 1.29 is 24.2 Å². The van der Waals surface area contributed by atoms with Gasteiger partial charge in [-0.2, -0.15) is 0 Å². The number of benzene rings is 1. The SMILES string of the molecule is CCOCCCN(CC(C)C(=O)O)C(=O)c1ccc(OC)cc1C. The van der Waals surface area contributed by atoms with E-state index in [0.29, 0.717) is 37.5 Å². The molecule has 0 aliphatic heterocycles. The zero-order chi connectivity index (χ0) is 18.1. The Morgan fingerprint density at radius 2 is 2.04 bits per heavy atom. The van der Waals surface area contributed by atoms with Crippen LogP contribution in [-0.4, -0.2) is 55.3 Å². The molecule has 1 N–H and O–H groups in total. The van der Waals surface area contributed by atoms with E-state index >= 15 is 0 Å². The predicted molar refractivity (Wildman–Crippen MR) is 91.5 cm³/mol. The number of aryl methyl sites for hydroxylation is 1. The maximum Gasteiger partial charge on any atom is 0.308 e. The van der Waals surface area contributed by atoms with Gasteiger partial charge in [-0.1, -0.05) is 6.92 Å². The van der Waals surface area contributed by atoms with Gasteiger partial charge >= 0.3 is 5.97 Å². The Kier molecular flexibility index (Phi) is 8.26. The number of hydrogen-bond donors (Lipinski definition) is 1. The number of nitrogens with zero attached hydrogens (tertiary/aromatic N) is 1. The average Bonchev–Trinajstić information content (AvgIpc) is 2.56. The molecule has 6 nitrogen and oxygen atoms in total. The topological polar surface area (TPSA) is 76.1 Å². The summed E-state index contributed by atoms with van der Waals surface area (Å²) in [4.78, 5) is 25.6. The number of carbonyl (C=O) groups excluding carboxylic acids is 1. The number of carbonyl (C=O) groups is 2. The van der Waals surface area contributed by atoms with Crippen LogP contribution in [0.4, 0.5) is 0 Å². The Morgan fingerprint density at radius 1 is 1.33 bits per heavy atom. The van der Waals surface area contributed by atoms with Crippen LogP contribution in [0.1, 0.15) is 36.2 Å². The quantitative estimate of drug-likeness (QED) is 0.664. The van der Waals surface area contributed by atoms with Gasteiger partial charge in [0.2, 0.25) is 0 Å². The van der Waals surface area contributed by atoms with Gasteiger partial charge in [0, 0.05) is 31.9 Å². The zero-order valence-corrected chi connectivity index (χ0v) is 14.9. The second kappa shape index (κ2) is 9.93. The summed E-state index contributed by atoms with van der Waals surface area (Å²) >= 11 is 0. The lowest BCUT2D eigenvalue weighted by molar-refractivity contribution is -0.141. The van der Waals surface area contributed by atoms with E-state index < -0.39 is 11.9 Å². The molecule has 0 aromatic heterocycles. The van der Waals surface area contributed by atoms with Crippen LogP contribution in [0.5, 0.6) is 5.75 Å². The highest BCUT2D eigenvalue weighted by Gasteiger charge is 2.22. The molecule has 134 valence electrons. The molecule has 0 spiro atoms. The largest absolute Gasteiger partial charge is 0.497 e. The Balaban J connectivity index is 2.90. The first kappa shape index (κ1) is 20.0. The van der Waals surface area contributed by atoms with Crippen molar-refractivity contribution in [3.05, 3.63) is 29.3 Å². The van der Waals surface area contributed by atoms with Crippen molar-refractivity contribution in [2.45, 2.75) is 27.2 Å². The molecular weight excluding hydrogens is 310 g/mol. The van der Waals surface area contributed by atoms with Gasteiger partial charge in [-0.25, -0.2) is 0 Å². The van der Waals surface area contributed by atoms with Gasteiger partial charge in [0.15, 0.2) is 0 Å². The molecule has 1 unspecified atom stereocenters. The minimum absolute atomic E-state index is 0.167. The molecule has 1 aromatic rings. The summed E-state index contributed by atoms with van der Waals surface area (Å²) in [6.45, 7) is 7.16. The van der Waals surface area contributed by atoms with E-state index in [0.717, 1.165) is 5.56 Å². The lowest BCUT2D eigenvalue weighted by Gasteiger charge is -2.25. The Labute approximate surface area is 143 Å². The lowest BCUT2D eigenvalue weighted by Crippen LogP contribution is -2.38. The number of carboxylic acid groups (broad SMARTS) is 1. The number of rotatable bonds is 10. The van der Waals surface area contributed by atoms with Crippen molar-refractivity contribution in [3.8, 4) is 5.75 Å². The smallest absolute Gasteiger partial charge is 0.308 e. The number of carboxylic acids is 1. The fourth-order valence-corrected chi connectivity index (χ4v) is 2.36. The lowest BCUT2D eigenvalue weighted by atomic mass is 10.1. The van der Waals surface area contributed by atoms with Crippen LogP contribution in [0, 0.1) is 12.8 Å². The average molecular weight is 337 g/mol. The minimum atomic E-state index is -0.913. The van der Waals surface area contributed by atoms with Gasteiger partial charge < -0.3 is 19.5 Å². The third kappa shape index (κ3) is 5.85. The molecule has 0 heterocycles. The van der Waals surface area contributed by atoms with E-state index in [2.05, 4.69) is 0 Å². The molecule has 1 rings (SSSR count). The highest BCUT2D eigenvalue weighted by Crippen LogP contribution is 2.19. The minimum Gasteiger partial charge on any atom is -0.497 e. The van der Waals surface area contributed by atoms with Gasteiger partial charge in [-0.15, -0.1) is 0 Å². The predicted octanol–water partition coefficient (Wildman–Crippen LogP) is 2.59. The normalized spacial score (nSPS) is 11.8. The molecule has 6 heteroatoms. The first-order chi connectivity index (χ1) is 11.4. The summed E-state index contributed by atoms with van der Waals surface area (Å²) < 4.78 is 10.5. The molecule has 1 aromatic carbocycles. The standard InChI is InChI=1S/C18H27NO5/c1-5-24-10-6-9-19(12-14(3)18(21)22)17(20)16-8-7-15(23-4)11-13(16)2/h7-8,11,14H,5-6,9-10,12H2,1-4H3,(H,21,22). The van der Waals surface area contributed by atoms with Crippen molar-refractivity contribution >= 4 is 11.9 Å². The van der Waals surface area contributed by atoms with Crippen molar-refractivity contribution in [1.29, 1.82) is 0 Å². The van der Waals surface area contributed by atoms with Crippen LogP contribution in [0.2, 0.25) is 0 Å². The second-order valence-corrected chi connectivity index (χ2v) is 5.72. The van der Waals surface area contributed by atoms with Gasteiger partial charge in [0.1, 0.15) is 5.75 Å². The molecule has 0 fully saturated rings. The summed E-state index contributed by atoms with van der Waals surface area (Å²) in [5.41, 5.74) is 1.36. The third-order valence-corrected chi connectivity index (χ3v) is 3.79. The first-order valence-corrected chi connectivity index (χ1v) is 8.15. The Hall–Kier alpha value is -2.08. The highest BCUT2D eigenvalue weighted by molar-refractivity contribution is 5.96. The van der Waals surface area contributed by atoms with Crippen LogP contribution in [-0.2, 0) is 9.53 Å². The van der Waals surface area contributed by atoms with E-state index in [-0.39, 0.29) is 12.5 Å². The molecule has 0 saturated carbocycles. The number of methoxy groups -OCH3 is 1. The second-order valence-electron chi connectivity index (χ2n) is 5.72. The summed E-state index contributed by atoms with van der Waals surface area (Å²) in [5, 5.41) is 9.14. The maximum absolute atomic E-state index is 12.8. The highest BCUT2D eigenvalue weighted by atomic mass is 16.5. The van der Waals surface area contributed by atoms with Gasteiger partial charge in [0.25, 0.3) is 5.91 Å². The Morgan fingerprint density at radius 3 is 2.58 bits per heavy atom. The molecule has 1 amide bonds. The van der Waals surface area contributed by atoms with Crippen LogP contribution >= 0.6 is 0 Å². The molecule has 1 atom stereocenters. The van der Waals surface area contributed by atoms with Gasteiger partial charge in [-0.3, -0.25) is 9.59 Å². The number of ether oxygens (including phenoxy) is 2. The number of amides is 1. The third-order valence-electron chi connectivity index (χ3n) is 3.79. The first-order valence-electron chi connectivity index (χ1n) is 8.15. The van der Waals surface area contributed by atoms with E-state index in [1.54, 1.807) is 37.1 Å². The number of aliphatic carboxylic acids is 1. The molecule has 24 heavy (non-hydrogen) atoms. The molecule has 0 aliphatic carbocycles. The zero-order valence-electron chi connectivity index (χ0n) is 14.9. The molecule has 0 saturated heterocycles. The van der Waals surface area contributed by atoms with Crippen LogP contribution in [0.3, 0.4) is 0 Å². The van der Waals surface area contributed by atoms with Gasteiger partial charge in [-0.05, 0) is 44.0 Å². The van der Waals surface area contributed by atoms with Gasteiger partial charge in [0.05, 0.1) is 13.0 Å². The summed E-state index contributed by atoms with van der Waals surface area (Å²) in [6, 6.07) is 5.25.